The maximum absolute atomic E-state index is 13.0. The minimum Gasteiger partial charge on any atom is -0.392 e. The van der Waals surface area contributed by atoms with Crippen molar-refractivity contribution in [2.24, 2.45) is 5.73 Å². The van der Waals surface area contributed by atoms with Gasteiger partial charge in [0.05, 0.1) is 18.8 Å². The maximum Gasteiger partial charge on any atom is 0.128 e. The predicted octanol–water partition coefficient (Wildman–Crippen LogP) is 0.699. The van der Waals surface area contributed by atoms with Crippen LogP contribution in [0.4, 0.5) is 4.39 Å². The van der Waals surface area contributed by atoms with Crippen LogP contribution < -0.4 is 5.73 Å². The van der Waals surface area contributed by atoms with Crippen LogP contribution in [0.25, 0.3) is 0 Å². The largest absolute Gasteiger partial charge is 0.392 e. The summed E-state index contributed by atoms with van der Waals surface area (Å²) in [7, 11) is 0. The summed E-state index contributed by atoms with van der Waals surface area (Å²) in [4.78, 5) is 0. The Labute approximate surface area is 82.0 Å². The zero-order valence-electron chi connectivity index (χ0n) is 7.94. The fourth-order valence-electron chi connectivity index (χ4n) is 1.20. The molecule has 3 nitrogen and oxygen atoms in total. The van der Waals surface area contributed by atoms with Gasteiger partial charge >= 0.3 is 0 Å². The van der Waals surface area contributed by atoms with Gasteiger partial charge in [-0.25, -0.2) is 4.39 Å². The molecular formula is C10H14FNO2. The van der Waals surface area contributed by atoms with E-state index in [1.54, 1.807) is 6.92 Å². The molecule has 0 aromatic heterocycles. The third kappa shape index (κ3) is 2.29. The lowest BCUT2D eigenvalue weighted by atomic mass is 10.0. The number of aliphatic hydroxyl groups is 2. The molecule has 0 amide bonds. The second kappa shape index (κ2) is 4.50. The molecule has 1 rings (SSSR count). The summed E-state index contributed by atoms with van der Waals surface area (Å²) in [5.74, 6) is -0.464. The quantitative estimate of drug-likeness (QED) is 0.671. The van der Waals surface area contributed by atoms with Crippen molar-refractivity contribution in [1.82, 2.24) is 0 Å². The minimum absolute atomic E-state index is 0.193. The lowest BCUT2D eigenvalue weighted by Crippen LogP contribution is -2.23. The Balaban J connectivity index is 3.00. The van der Waals surface area contributed by atoms with Crippen LogP contribution in [-0.4, -0.2) is 16.3 Å². The van der Waals surface area contributed by atoms with Crippen LogP contribution in [0.5, 0.6) is 0 Å². The molecule has 4 N–H and O–H groups in total. The van der Waals surface area contributed by atoms with E-state index in [0.29, 0.717) is 5.56 Å². The molecule has 14 heavy (non-hydrogen) atoms. The zero-order chi connectivity index (χ0) is 10.7. The standard InChI is InChI=1S/C10H14FNO2/c1-6(14)10(12)7-2-3-9(11)8(4-7)5-13/h2-4,6,10,13-14H,5,12H2,1H3/t6-,10-/m0/s1. The maximum atomic E-state index is 13.0. The van der Waals surface area contributed by atoms with Gasteiger partial charge in [-0.3, -0.25) is 0 Å². The van der Waals surface area contributed by atoms with Crippen molar-refractivity contribution < 1.29 is 14.6 Å². The molecule has 0 radical (unpaired) electrons. The van der Waals surface area contributed by atoms with Crippen molar-refractivity contribution in [3.05, 3.63) is 35.1 Å². The van der Waals surface area contributed by atoms with E-state index in [9.17, 15) is 9.50 Å². The molecule has 2 atom stereocenters. The molecule has 1 aromatic carbocycles. The first-order chi connectivity index (χ1) is 6.56. The van der Waals surface area contributed by atoms with E-state index in [0.717, 1.165) is 0 Å². The summed E-state index contributed by atoms with van der Waals surface area (Å²) in [6.45, 7) is 1.19. The Morgan fingerprint density at radius 2 is 2.14 bits per heavy atom. The van der Waals surface area contributed by atoms with Gasteiger partial charge in [0, 0.05) is 5.56 Å². The summed E-state index contributed by atoms with van der Waals surface area (Å²) in [6, 6.07) is 3.66. The average molecular weight is 199 g/mol. The molecule has 0 aliphatic heterocycles. The first kappa shape index (κ1) is 11.1. The van der Waals surface area contributed by atoms with E-state index in [1.165, 1.54) is 18.2 Å². The van der Waals surface area contributed by atoms with Gasteiger partial charge in [-0.1, -0.05) is 6.07 Å². The van der Waals surface area contributed by atoms with E-state index in [4.69, 9.17) is 10.8 Å². The first-order valence-electron chi connectivity index (χ1n) is 4.39. The van der Waals surface area contributed by atoms with Crippen molar-refractivity contribution in [2.75, 3.05) is 0 Å². The second-order valence-electron chi connectivity index (χ2n) is 3.28. The SMILES string of the molecule is C[C@H](O)[C@H](N)c1ccc(F)c(CO)c1. The molecule has 0 saturated carbocycles. The third-order valence-corrected chi connectivity index (χ3v) is 2.14. The highest BCUT2D eigenvalue weighted by Crippen LogP contribution is 2.18. The number of halogens is 1. The summed E-state index contributed by atoms with van der Waals surface area (Å²) in [5, 5.41) is 18.0. The Bertz CT molecular complexity index is 315. The summed E-state index contributed by atoms with van der Waals surface area (Å²) >= 11 is 0. The van der Waals surface area contributed by atoms with Gasteiger partial charge < -0.3 is 15.9 Å². The Hall–Kier alpha value is -0.970. The number of rotatable bonds is 3. The molecule has 0 heterocycles. The third-order valence-electron chi connectivity index (χ3n) is 2.14. The van der Waals surface area contributed by atoms with Gasteiger partial charge in [0.15, 0.2) is 0 Å². The highest BCUT2D eigenvalue weighted by Gasteiger charge is 2.13. The van der Waals surface area contributed by atoms with E-state index in [1.807, 2.05) is 0 Å². The lowest BCUT2D eigenvalue weighted by Gasteiger charge is -2.15. The molecule has 0 spiro atoms. The van der Waals surface area contributed by atoms with Crippen LogP contribution in [0.2, 0.25) is 0 Å². The van der Waals surface area contributed by atoms with Crippen molar-refractivity contribution in [3.8, 4) is 0 Å². The van der Waals surface area contributed by atoms with Gasteiger partial charge in [-0.2, -0.15) is 0 Å². The topological polar surface area (TPSA) is 66.5 Å². The van der Waals surface area contributed by atoms with E-state index < -0.39 is 18.0 Å². The minimum atomic E-state index is -0.702. The van der Waals surface area contributed by atoms with Crippen LogP contribution in [0.15, 0.2) is 18.2 Å². The predicted molar refractivity (Wildman–Crippen MR) is 50.9 cm³/mol. The van der Waals surface area contributed by atoms with Gasteiger partial charge in [0.25, 0.3) is 0 Å². The first-order valence-corrected chi connectivity index (χ1v) is 4.39. The highest BCUT2D eigenvalue weighted by atomic mass is 19.1. The summed E-state index contributed by atoms with van der Waals surface area (Å²) < 4.78 is 13.0. The van der Waals surface area contributed by atoms with Gasteiger partial charge in [0.2, 0.25) is 0 Å². The Morgan fingerprint density at radius 1 is 1.50 bits per heavy atom. The zero-order valence-corrected chi connectivity index (χ0v) is 7.94. The number of nitrogens with two attached hydrogens (primary N) is 1. The van der Waals surface area contributed by atoms with Crippen LogP contribution in [0.1, 0.15) is 24.1 Å². The van der Waals surface area contributed by atoms with Crippen LogP contribution >= 0.6 is 0 Å². The van der Waals surface area contributed by atoms with Gasteiger partial charge in [0.1, 0.15) is 5.82 Å². The number of aliphatic hydroxyl groups excluding tert-OH is 2. The average Bonchev–Trinajstić information content (AvgIpc) is 2.17. The van der Waals surface area contributed by atoms with Crippen LogP contribution in [0, 0.1) is 5.82 Å². The second-order valence-corrected chi connectivity index (χ2v) is 3.28. The number of hydrogen-bond acceptors (Lipinski definition) is 3. The Kier molecular flexibility index (Phi) is 3.57. The molecule has 0 unspecified atom stereocenters. The van der Waals surface area contributed by atoms with Crippen molar-refractivity contribution in [3.63, 3.8) is 0 Å². The van der Waals surface area contributed by atoms with Crippen LogP contribution in [-0.2, 0) is 6.61 Å². The van der Waals surface area contributed by atoms with Crippen LogP contribution in [0.3, 0.4) is 0 Å². The lowest BCUT2D eigenvalue weighted by molar-refractivity contribution is 0.164. The van der Waals surface area contributed by atoms with E-state index in [2.05, 4.69) is 0 Å². The van der Waals surface area contributed by atoms with Crippen molar-refractivity contribution in [1.29, 1.82) is 0 Å². The van der Waals surface area contributed by atoms with E-state index in [-0.39, 0.29) is 12.2 Å². The highest BCUT2D eigenvalue weighted by molar-refractivity contribution is 5.27. The molecule has 1 aromatic rings. The number of benzene rings is 1. The fraction of sp³-hybridized carbons (Fsp3) is 0.400. The molecule has 4 heteroatoms. The molecular weight excluding hydrogens is 185 g/mol. The molecule has 0 bridgehead atoms. The summed E-state index contributed by atoms with van der Waals surface area (Å²) in [5.41, 5.74) is 6.47. The smallest absolute Gasteiger partial charge is 0.128 e. The summed E-state index contributed by atoms with van der Waals surface area (Å²) in [6.07, 6.45) is -0.702. The van der Waals surface area contributed by atoms with Gasteiger partial charge in [-0.05, 0) is 24.6 Å². The molecule has 78 valence electrons. The van der Waals surface area contributed by atoms with Crippen molar-refractivity contribution >= 4 is 0 Å². The Morgan fingerprint density at radius 3 is 2.64 bits per heavy atom. The van der Waals surface area contributed by atoms with E-state index >= 15 is 0 Å². The molecule has 0 aliphatic rings. The monoisotopic (exact) mass is 199 g/mol. The molecule has 0 saturated heterocycles. The van der Waals surface area contributed by atoms with Gasteiger partial charge in [-0.15, -0.1) is 0 Å². The van der Waals surface area contributed by atoms with Crippen molar-refractivity contribution in [2.45, 2.75) is 25.7 Å². The molecule has 0 fully saturated rings. The molecule has 0 aliphatic carbocycles. The normalized spacial score (nSPS) is 15.2. The number of hydrogen-bond donors (Lipinski definition) is 3. The fourth-order valence-corrected chi connectivity index (χ4v) is 1.20.